The molecule has 1 atom stereocenters. The van der Waals surface area contributed by atoms with Crippen LogP contribution in [0.15, 0.2) is 30.3 Å². The van der Waals surface area contributed by atoms with Gasteiger partial charge in [0.05, 0.1) is 12.1 Å². The van der Waals surface area contributed by atoms with Crippen molar-refractivity contribution in [1.82, 2.24) is 10.2 Å². The van der Waals surface area contributed by atoms with E-state index in [0.29, 0.717) is 6.04 Å². The molecule has 20 heavy (non-hydrogen) atoms. The van der Waals surface area contributed by atoms with Gasteiger partial charge in [-0.25, -0.2) is 0 Å². The molecular formula is C17H28N2O. The van der Waals surface area contributed by atoms with Crippen molar-refractivity contribution in [2.75, 3.05) is 26.2 Å². The van der Waals surface area contributed by atoms with Crippen LogP contribution >= 0.6 is 0 Å². The van der Waals surface area contributed by atoms with Crippen molar-refractivity contribution in [3.8, 4) is 0 Å². The minimum absolute atomic E-state index is 0.147. The van der Waals surface area contributed by atoms with Crippen LogP contribution in [0.1, 0.15) is 38.7 Å². The van der Waals surface area contributed by atoms with Gasteiger partial charge in [-0.05, 0) is 37.9 Å². The average Bonchev–Trinajstić information content (AvgIpc) is 3.30. The smallest absolute Gasteiger partial charge is 0.0799 e. The molecule has 0 saturated heterocycles. The van der Waals surface area contributed by atoms with E-state index in [0.717, 1.165) is 26.1 Å². The highest BCUT2D eigenvalue weighted by Crippen LogP contribution is 2.29. The maximum absolute atomic E-state index is 10.1. The predicted octanol–water partition coefficient (Wildman–Crippen LogP) is 2.36. The number of rotatable bonds is 9. The van der Waals surface area contributed by atoms with Gasteiger partial charge in [-0.1, -0.05) is 44.2 Å². The summed E-state index contributed by atoms with van der Waals surface area (Å²) in [5, 5.41) is 13.8. The fourth-order valence-electron chi connectivity index (χ4n) is 2.83. The molecule has 0 bridgehead atoms. The largest absolute Gasteiger partial charge is 0.394 e. The van der Waals surface area contributed by atoms with E-state index in [4.69, 9.17) is 0 Å². The summed E-state index contributed by atoms with van der Waals surface area (Å²) < 4.78 is 0. The van der Waals surface area contributed by atoms with E-state index in [1.807, 2.05) is 6.07 Å². The topological polar surface area (TPSA) is 35.5 Å². The zero-order valence-electron chi connectivity index (χ0n) is 12.8. The Morgan fingerprint density at radius 1 is 1.25 bits per heavy atom. The maximum atomic E-state index is 10.1. The Balaban J connectivity index is 2.21. The van der Waals surface area contributed by atoms with Gasteiger partial charge in [0.15, 0.2) is 0 Å². The normalized spacial score (nSPS) is 18.2. The lowest BCUT2D eigenvalue weighted by molar-refractivity contribution is 0.107. The Labute approximate surface area is 123 Å². The first-order valence-electron chi connectivity index (χ1n) is 7.90. The quantitative estimate of drug-likeness (QED) is 0.727. The van der Waals surface area contributed by atoms with Crippen LogP contribution in [0.3, 0.4) is 0 Å². The van der Waals surface area contributed by atoms with E-state index in [1.54, 1.807) is 0 Å². The standard InChI is InChI=1S/C17H28N2O/c1-3-12-19(4-2)13-17(14-20,18-16-10-11-16)15-8-6-5-7-9-15/h5-9,16,18,20H,3-4,10-14H2,1-2H3. The Morgan fingerprint density at radius 3 is 2.45 bits per heavy atom. The molecule has 1 aliphatic rings. The number of hydrogen-bond donors (Lipinski definition) is 2. The van der Waals surface area contributed by atoms with Crippen LogP contribution in [0, 0.1) is 0 Å². The van der Waals surface area contributed by atoms with Gasteiger partial charge in [0.25, 0.3) is 0 Å². The summed E-state index contributed by atoms with van der Waals surface area (Å²) in [6.45, 7) is 7.52. The Morgan fingerprint density at radius 2 is 1.95 bits per heavy atom. The lowest BCUT2D eigenvalue weighted by Gasteiger charge is -2.38. The van der Waals surface area contributed by atoms with Crippen molar-refractivity contribution in [3.05, 3.63) is 35.9 Å². The molecule has 0 amide bonds. The minimum Gasteiger partial charge on any atom is -0.394 e. The molecule has 2 rings (SSSR count). The van der Waals surface area contributed by atoms with Crippen LogP contribution in [-0.2, 0) is 5.54 Å². The third-order valence-corrected chi connectivity index (χ3v) is 4.13. The molecule has 1 saturated carbocycles. The Kier molecular flexibility index (Phi) is 5.58. The van der Waals surface area contributed by atoms with Crippen LogP contribution in [0.2, 0.25) is 0 Å². The summed E-state index contributed by atoms with van der Waals surface area (Å²) in [5.41, 5.74) is 0.872. The number of aliphatic hydroxyl groups excluding tert-OH is 1. The van der Waals surface area contributed by atoms with E-state index < -0.39 is 0 Å². The van der Waals surface area contributed by atoms with Crippen molar-refractivity contribution in [3.63, 3.8) is 0 Å². The lowest BCUT2D eigenvalue weighted by Crippen LogP contribution is -2.54. The molecule has 0 heterocycles. The number of likely N-dealkylation sites (N-methyl/N-ethyl adjacent to an activating group) is 1. The van der Waals surface area contributed by atoms with Crippen LogP contribution < -0.4 is 5.32 Å². The number of nitrogens with zero attached hydrogens (tertiary/aromatic N) is 1. The minimum atomic E-state index is -0.326. The molecule has 3 nitrogen and oxygen atoms in total. The predicted molar refractivity (Wildman–Crippen MR) is 83.8 cm³/mol. The van der Waals surface area contributed by atoms with Gasteiger partial charge < -0.3 is 15.3 Å². The highest BCUT2D eigenvalue weighted by molar-refractivity contribution is 5.26. The summed E-state index contributed by atoms with van der Waals surface area (Å²) in [7, 11) is 0. The van der Waals surface area contributed by atoms with Gasteiger partial charge in [0, 0.05) is 12.6 Å². The van der Waals surface area contributed by atoms with Gasteiger partial charge >= 0.3 is 0 Å². The highest BCUT2D eigenvalue weighted by Gasteiger charge is 2.38. The van der Waals surface area contributed by atoms with Crippen LogP contribution in [-0.4, -0.2) is 42.3 Å². The molecule has 1 fully saturated rings. The molecule has 1 aliphatic carbocycles. The molecule has 2 N–H and O–H groups in total. The molecule has 1 unspecified atom stereocenters. The maximum Gasteiger partial charge on any atom is 0.0799 e. The first kappa shape index (κ1) is 15.5. The molecule has 0 spiro atoms. The lowest BCUT2D eigenvalue weighted by atomic mass is 9.89. The fraction of sp³-hybridized carbons (Fsp3) is 0.647. The fourth-order valence-corrected chi connectivity index (χ4v) is 2.83. The van der Waals surface area contributed by atoms with Crippen molar-refractivity contribution < 1.29 is 5.11 Å². The third-order valence-electron chi connectivity index (χ3n) is 4.13. The van der Waals surface area contributed by atoms with Gasteiger partial charge in [-0.3, -0.25) is 0 Å². The number of hydrogen-bond acceptors (Lipinski definition) is 3. The van der Waals surface area contributed by atoms with E-state index >= 15 is 0 Å². The van der Waals surface area contributed by atoms with E-state index in [1.165, 1.54) is 18.4 Å². The Hall–Kier alpha value is -0.900. The molecule has 1 aromatic carbocycles. The van der Waals surface area contributed by atoms with Gasteiger partial charge in [-0.2, -0.15) is 0 Å². The molecular weight excluding hydrogens is 248 g/mol. The van der Waals surface area contributed by atoms with Gasteiger partial charge in [0.2, 0.25) is 0 Å². The van der Waals surface area contributed by atoms with E-state index in [9.17, 15) is 5.11 Å². The molecule has 0 aromatic heterocycles. The first-order chi connectivity index (χ1) is 9.74. The third kappa shape index (κ3) is 3.81. The number of benzene rings is 1. The molecule has 3 heteroatoms. The van der Waals surface area contributed by atoms with Crippen LogP contribution in [0.25, 0.3) is 0 Å². The molecule has 112 valence electrons. The summed E-state index contributed by atoms with van der Waals surface area (Å²) in [5.74, 6) is 0. The van der Waals surface area contributed by atoms with E-state index in [-0.39, 0.29) is 12.1 Å². The Bertz CT molecular complexity index is 391. The first-order valence-corrected chi connectivity index (χ1v) is 7.90. The SMILES string of the molecule is CCCN(CC)CC(CO)(NC1CC1)c1ccccc1. The number of nitrogens with one attached hydrogen (secondary N) is 1. The summed E-state index contributed by atoms with van der Waals surface area (Å²) >= 11 is 0. The monoisotopic (exact) mass is 276 g/mol. The summed E-state index contributed by atoms with van der Waals surface area (Å²) in [4.78, 5) is 2.43. The number of aliphatic hydroxyl groups is 1. The van der Waals surface area contributed by atoms with E-state index in [2.05, 4.69) is 48.3 Å². The average molecular weight is 276 g/mol. The van der Waals surface area contributed by atoms with Crippen molar-refractivity contribution >= 4 is 0 Å². The van der Waals surface area contributed by atoms with Crippen molar-refractivity contribution in [1.29, 1.82) is 0 Å². The molecule has 0 radical (unpaired) electrons. The molecule has 0 aliphatic heterocycles. The zero-order chi connectivity index (χ0) is 14.4. The molecule has 1 aromatic rings. The zero-order valence-corrected chi connectivity index (χ0v) is 12.8. The van der Waals surface area contributed by atoms with Gasteiger partial charge in [-0.15, -0.1) is 0 Å². The second kappa shape index (κ2) is 7.21. The van der Waals surface area contributed by atoms with Crippen molar-refractivity contribution in [2.45, 2.75) is 44.7 Å². The second-order valence-electron chi connectivity index (χ2n) is 5.89. The van der Waals surface area contributed by atoms with Crippen LogP contribution in [0.4, 0.5) is 0 Å². The highest BCUT2D eigenvalue weighted by atomic mass is 16.3. The summed E-state index contributed by atoms with van der Waals surface area (Å²) in [6, 6.07) is 11.0. The van der Waals surface area contributed by atoms with Crippen molar-refractivity contribution in [2.24, 2.45) is 0 Å². The summed E-state index contributed by atoms with van der Waals surface area (Å²) in [6.07, 6.45) is 3.61. The van der Waals surface area contributed by atoms with Crippen LogP contribution in [0.5, 0.6) is 0 Å². The second-order valence-corrected chi connectivity index (χ2v) is 5.89. The van der Waals surface area contributed by atoms with Gasteiger partial charge in [0.1, 0.15) is 0 Å².